The number of anilines is 1. The Morgan fingerprint density at radius 3 is 2.56 bits per heavy atom. The van der Waals surface area contributed by atoms with Crippen molar-refractivity contribution in [1.82, 2.24) is 20.1 Å². The second kappa shape index (κ2) is 9.85. The smallest absolute Gasteiger partial charge is 0.353 e. The van der Waals surface area contributed by atoms with Crippen LogP contribution in [0.4, 0.5) is 19.0 Å². The third-order valence-electron chi connectivity index (χ3n) is 6.99. The fraction of sp³-hybridized carbons (Fsp3) is 0.458. The van der Waals surface area contributed by atoms with Gasteiger partial charge in [0.05, 0.1) is 22.0 Å². The first-order chi connectivity index (χ1) is 17.1. The molecule has 1 aromatic carbocycles. The van der Waals surface area contributed by atoms with E-state index >= 15 is 0 Å². The summed E-state index contributed by atoms with van der Waals surface area (Å²) in [7, 11) is 0. The lowest BCUT2D eigenvalue weighted by molar-refractivity contribution is -0.139. The maximum absolute atomic E-state index is 12.9. The molecule has 2 unspecified atom stereocenters. The summed E-state index contributed by atoms with van der Waals surface area (Å²) in [5, 5.41) is 2.21. The van der Waals surface area contributed by atoms with Crippen LogP contribution >= 0.6 is 24.2 Å². The number of aromatic nitrogens is 1. The third kappa shape index (κ3) is 5.06. The van der Waals surface area contributed by atoms with E-state index in [0.29, 0.717) is 51.4 Å². The van der Waals surface area contributed by atoms with Gasteiger partial charge in [0.2, 0.25) is 11.8 Å². The van der Waals surface area contributed by atoms with Crippen LogP contribution in [0, 0.1) is 0 Å². The van der Waals surface area contributed by atoms with E-state index in [1.54, 1.807) is 0 Å². The van der Waals surface area contributed by atoms with Crippen molar-refractivity contribution in [2.45, 2.75) is 43.5 Å². The number of carbonyl (C=O) groups excluding carboxylic acids is 2. The number of halogens is 4. The van der Waals surface area contributed by atoms with Gasteiger partial charge in [0, 0.05) is 51.9 Å². The maximum Gasteiger partial charge on any atom is 0.417 e. The third-order valence-corrected chi connectivity index (χ3v) is 7.84. The number of piperidine rings is 1. The molecule has 5 rings (SSSR count). The van der Waals surface area contributed by atoms with Crippen molar-refractivity contribution in [2.75, 3.05) is 31.1 Å². The van der Waals surface area contributed by atoms with Crippen LogP contribution in [0.2, 0.25) is 5.02 Å². The minimum atomic E-state index is -4.48. The molecule has 1 aromatic heterocycles. The molecule has 2 aromatic rings. The maximum atomic E-state index is 12.9. The van der Waals surface area contributed by atoms with Gasteiger partial charge in [-0.15, -0.1) is 0 Å². The van der Waals surface area contributed by atoms with E-state index in [1.165, 1.54) is 0 Å². The summed E-state index contributed by atoms with van der Waals surface area (Å²) in [4.78, 5) is 34.0. The van der Waals surface area contributed by atoms with Gasteiger partial charge in [0.25, 0.3) is 0 Å². The SMILES string of the molecule is O=C1CCC(N2Cc3cc(CN4CCN(c5ncc(C(F)(F)F)cc5Cl)CC4)ccc3C2S)C(=O)N1. The van der Waals surface area contributed by atoms with Gasteiger partial charge in [-0.05, 0) is 29.2 Å². The minimum absolute atomic E-state index is 0.00114. The molecule has 0 radical (unpaired) electrons. The highest BCUT2D eigenvalue weighted by molar-refractivity contribution is 7.80. The molecule has 0 spiro atoms. The van der Waals surface area contributed by atoms with Crippen molar-refractivity contribution in [2.24, 2.45) is 0 Å². The van der Waals surface area contributed by atoms with Gasteiger partial charge < -0.3 is 4.90 Å². The van der Waals surface area contributed by atoms with E-state index in [0.717, 1.165) is 35.5 Å². The molecular formula is C24H25ClF3N5O2S. The molecule has 3 aliphatic heterocycles. The second-order valence-electron chi connectivity index (χ2n) is 9.34. The molecule has 4 heterocycles. The fourth-order valence-corrected chi connectivity index (χ4v) is 5.86. The first kappa shape index (κ1) is 25.3. The molecule has 2 saturated heterocycles. The number of pyridine rings is 1. The molecule has 3 aliphatic rings. The summed E-state index contributed by atoms with van der Waals surface area (Å²) in [5.74, 6) is -0.128. The van der Waals surface area contributed by atoms with Gasteiger partial charge in [0.15, 0.2) is 0 Å². The minimum Gasteiger partial charge on any atom is -0.353 e. The van der Waals surface area contributed by atoms with Gasteiger partial charge in [-0.2, -0.15) is 25.8 Å². The number of rotatable bonds is 4. The highest BCUT2D eigenvalue weighted by Gasteiger charge is 2.39. The topological polar surface area (TPSA) is 68.8 Å². The van der Waals surface area contributed by atoms with Gasteiger partial charge in [0.1, 0.15) is 5.82 Å². The molecule has 192 valence electrons. The summed E-state index contributed by atoms with van der Waals surface area (Å²) in [5.41, 5.74) is 2.47. The van der Waals surface area contributed by atoms with Gasteiger partial charge in [-0.25, -0.2) is 4.98 Å². The van der Waals surface area contributed by atoms with Crippen LogP contribution in [0.25, 0.3) is 0 Å². The average molecular weight is 540 g/mol. The van der Waals surface area contributed by atoms with Crippen molar-refractivity contribution in [3.05, 3.63) is 57.7 Å². The molecular weight excluding hydrogens is 515 g/mol. The summed E-state index contributed by atoms with van der Waals surface area (Å²) < 4.78 is 38.7. The number of amides is 2. The van der Waals surface area contributed by atoms with Crippen LogP contribution < -0.4 is 10.2 Å². The molecule has 0 aliphatic carbocycles. The number of nitrogens with one attached hydrogen (secondary N) is 1. The van der Waals surface area contributed by atoms with Gasteiger partial charge in [-0.3, -0.25) is 24.7 Å². The summed E-state index contributed by atoms with van der Waals surface area (Å²) in [6.07, 6.45) is -2.83. The Bertz CT molecular complexity index is 1190. The zero-order chi connectivity index (χ0) is 25.6. The first-order valence-corrected chi connectivity index (χ1v) is 12.6. The number of hydrogen-bond donors (Lipinski definition) is 2. The molecule has 0 saturated carbocycles. The zero-order valence-corrected chi connectivity index (χ0v) is 20.9. The van der Waals surface area contributed by atoms with Crippen LogP contribution in [0.1, 0.15) is 40.5 Å². The van der Waals surface area contributed by atoms with Crippen molar-refractivity contribution >= 4 is 41.9 Å². The zero-order valence-electron chi connectivity index (χ0n) is 19.3. The number of piperazine rings is 1. The standard InChI is InChI=1S/C24H25ClF3N5O2S/c25-18-10-16(24(26,27)28)11-29-21(18)32-7-5-31(6-8-32)12-14-1-2-17-15(9-14)13-33(23(17)36)19-3-4-20(34)30-22(19)35/h1-2,9-11,19,23,36H,3-8,12-13H2,(H,30,34,35). The van der Waals surface area contributed by atoms with Crippen LogP contribution in [0.3, 0.4) is 0 Å². The van der Waals surface area contributed by atoms with E-state index < -0.39 is 11.7 Å². The van der Waals surface area contributed by atoms with E-state index in [1.807, 2.05) is 9.80 Å². The fourth-order valence-electron chi connectivity index (χ4n) is 5.08. The summed E-state index contributed by atoms with van der Waals surface area (Å²) >= 11 is 10.9. The molecule has 2 fully saturated rings. The molecule has 2 amide bonds. The largest absolute Gasteiger partial charge is 0.417 e. The summed E-state index contributed by atoms with van der Waals surface area (Å²) in [6.45, 7) is 3.96. The predicted molar refractivity (Wildman–Crippen MR) is 132 cm³/mol. The van der Waals surface area contributed by atoms with Crippen LogP contribution in [0.15, 0.2) is 30.5 Å². The van der Waals surface area contributed by atoms with E-state index in [-0.39, 0.29) is 28.3 Å². The Balaban J connectivity index is 1.20. The van der Waals surface area contributed by atoms with E-state index in [2.05, 4.69) is 33.4 Å². The number of nitrogens with zero attached hydrogens (tertiary/aromatic N) is 4. The predicted octanol–water partition coefficient (Wildman–Crippen LogP) is 3.63. The molecule has 2 atom stereocenters. The highest BCUT2D eigenvalue weighted by atomic mass is 35.5. The van der Waals surface area contributed by atoms with Crippen molar-refractivity contribution in [3.8, 4) is 0 Å². The normalized spacial score (nSPS) is 23.6. The number of fused-ring (bicyclic) bond motifs is 1. The quantitative estimate of drug-likeness (QED) is 0.457. The first-order valence-electron chi connectivity index (χ1n) is 11.7. The van der Waals surface area contributed by atoms with Crippen molar-refractivity contribution < 1.29 is 22.8 Å². The van der Waals surface area contributed by atoms with E-state index in [4.69, 9.17) is 24.2 Å². The lowest BCUT2D eigenvalue weighted by atomic mass is 10.0. The van der Waals surface area contributed by atoms with Crippen LogP contribution in [0.5, 0.6) is 0 Å². The van der Waals surface area contributed by atoms with Crippen LogP contribution in [-0.2, 0) is 28.9 Å². The van der Waals surface area contributed by atoms with Crippen molar-refractivity contribution in [1.29, 1.82) is 0 Å². The Hall–Kier alpha value is -2.34. The molecule has 0 bridgehead atoms. The number of benzene rings is 1. The highest BCUT2D eigenvalue weighted by Crippen LogP contribution is 2.40. The van der Waals surface area contributed by atoms with Gasteiger partial charge in [-0.1, -0.05) is 29.8 Å². The monoisotopic (exact) mass is 539 g/mol. The number of imide groups is 1. The number of thiol groups is 1. The Morgan fingerprint density at radius 2 is 1.89 bits per heavy atom. The molecule has 12 heteroatoms. The Labute approximate surface area is 217 Å². The lowest BCUT2D eigenvalue weighted by Gasteiger charge is -2.35. The number of alkyl halides is 3. The Morgan fingerprint density at radius 1 is 1.14 bits per heavy atom. The molecule has 7 nitrogen and oxygen atoms in total. The van der Waals surface area contributed by atoms with Crippen LogP contribution in [-0.4, -0.2) is 58.8 Å². The summed E-state index contributed by atoms with van der Waals surface area (Å²) in [6, 6.07) is 6.81. The average Bonchev–Trinajstić information content (AvgIpc) is 3.14. The number of carbonyl (C=O) groups is 2. The van der Waals surface area contributed by atoms with Crippen molar-refractivity contribution in [3.63, 3.8) is 0 Å². The Kier molecular flexibility index (Phi) is 6.92. The molecule has 1 N–H and O–H groups in total. The van der Waals surface area contributed by atoms with E-state index in [9.17, 15) is 22.8 Å². The molecule has 36 heavy (non-hydrogen) atoms. The number of hydrogen-bond acceptors (Lipinski definition) is 7. The lowest BCUT2D eigenvalue weighted by Crippen LogP contribution is -2.51. The van der Waals surface area contributed by atoms with Gasteiger partial charge >= 0.3 is 6.18 Å². The second-order valence-corrected chi connectivity index (χ2v) is 10.2.